The van der Waals surface area contributed by atoms with Crippen molar-refractivity contribution in [3.63, 3.8) is 0 Å². The molecule has 7 nitrogen and oxygen atoms in total. The summed E-state index contributed by atoms with van der Waals surface area (Å²) in [4.78, 5) is 20.9. The van der Waals surface area contributed by atoms with Crippen molar-refractivity contribution in [2.24, 2.45) is 0 Å². The summed E-state index contributed by atoms with van der Waals surface area (Å²) in [6.07, 6.45) is 0. The predicted octanol–water partition coefficient (Wildman–Crippen LogP) is 2.22. The van der Waals surface area contributed by atoms with E-state index in [9.17, 15) is 0 Å². The summed E-state index contributed by atoms with van der Waals surface area (Å²) in [6.45, 7) is 4.49. The van der Waals surface area contributed by atoms with Gasteiger partial charge in [0.05, 0.1) is 7.11 Å². The lowest BCUT2D eigenvalue weighted by molar-refractivity contribution is 0.373. The molecule has 2 aromatic rings. The number of rotatable bonds is 5. The molecule has 0 atom stereocenters. The monoisotopic (exact) mass is 312 g/mol. The van der Waals surface area contributed by atoms with Crippen molar-refractivity contribution in [2.45, 2.75) is 24.2 Å². The van der Waals surface area contributed by atoms with Gasteiger partial charge < -0.3 is 10.1 Å². The Balaban J connectivity index is 2.29. The molecule has 106 valence electrons. The Morgan fingerprint density at radius 3 is 2.60 bits per heavy atom. The van der Waals surface area contributed by atoms with Crippen molar-refractivity contribution in [3.8, 4) is 6.01 Å². The van der Waals surface area contributed by atoms with Gasteiger partial charge in [0, 0.05) is 12.2 Å². The van der Waals surface area contributed by atoms with Crippen LogP contribution in [0.2, 0.25) is 5.15 Å². The Morgan fingerprint density at radius 1 is 1.20 bits per heavy atom. The van der Waals surface area contributed by atoms with Crippen molar-refractivity contribution in [1.29, 1.82) is 0 Å². The second-order valence-electron chi connectivity index (χ2n) is 3.68. The van der Waals surface area contributed by atoms with E-state index in [1.807, 2.05) is 13.8 Å². The van der Waals surface area contributed by atoms with Gasteiger partial charge in [0.15, 0.2) is 5.16 Å². The van der Waals surface area contributed by atoms with Gasteiger partial charge in [-0.1, -0.05) is 11.6 Å². The molecule has 0 aromatic carbocycles. The van der Waals surface area contributed by atoms with Gasteiger partial charge in [-0.3, -0.25) is 0 Å². The summed E-state index contributed by atoms with van der Waals surface area (Å²) in [6, 6.07) is 1.92. The number of halogens is 1. The molecule has 0 saturated heterocycles. The normalized spacial score (nSPS) is 10.4. The highest BCUT2D eigenvalue weighted by Gasteiger charge is 2.10. The molecule has 2 aromatic heterocycles. The first kappa shape index (κ1) is 14.7. The largest absolute Gasteiger partial charge is 0.467 e. The summed E-state index contributed by atoms with van der Waals surface area (Å²) in [5.41, 5.74) is 0.778. The number of ether oxygens (including phenoxy) is 1. The van der Waals surface area contributed by atoms with Crippen LogP contribution in [-0.2, 0) is 0 Å². The first-order valence-electron chi connectivity index (χ1n) is 5.83. The van der Waals surface area contributed by atoms with Crippen LogP contribution in [0.15, 0.2) is 16.4 Å². The van der Waals surface area contributed by atoms with E-state index >= 15 is 0 Å². The van der Waals surface area contributed by atoms with Gasteiger partial charge in [0.2, 0.25) is 11.1 Å². The maximum absolute atomic E-state index is 5.90. The van der Waals surface area contributed by atoms with Crippen LogP contribution < -0.4 is 10.1 Å². The first-order chi connectivity index (χ1) is 9.60. The zero-order valence-electron chi connectivity index (χ0n) is 11.2. The maximum Gasteiger partial charge on any atom is 0.321 e. The number of methoxy groups -OCH3 is 1. The average Bonchev–Trinajstić information content (AvgIpc) is 2.37. The number of nitrogens with one attached hydrogen (secondary N) is 1. The van der Waals surface area contributed by atoms with Crippen LogP contribution in [0.4, 0.5) is 5.95 Å². The van der Waals surface area contributed by atoms with E-state index in [0.717, 1.165) is 5.69 Å². The van der Waals surface area contributed by atoms with Crippen LogP contribution >= 0.6 is 23.4 Å². The van der Waals surface area contributed by atoms with Gasteiger partial charge in [-0.25, -0.2) is 9.97 Å². The minimum atomic E-state index is 0.234. The Morgan fingerprint density at radius 2 is 1.95 bits per heavy atom. The fourth-order valence-corrected chi connectivity index (χ4v) is 2.38. The van der Waals surface area contributed by atoms with E-state index in [2.05, 4.69) is 30.2 Å². The zero-order chi connectivity index (χ0) is 14.5. The summed E-state index contributed by atoms with van der Waals surface area (Å²) in [5.74, 6) is 0.445. The van der Waals surface area contributed by atoms with Crippen LogP contribution in [0.5, 0.6) is 6.01 Å². The molecule has 0 unspecified atom stereocenters. The van der Waals surface area contributed by atoms with Crippen LogP contribution in [0.25, 0.3) is 0 Å². The third-order valence-corrected chi connectivity index (χ3v) is 3.02. The van der Waals surface area contributed by atoms with E-state index in [1.165, 1.54) is 18.9 Å². The SMILES string of the molecule is CCNc1nc(OC)nc(Sc2nc(C)cc(Cl)n2)n1. The highest BCUT2D eigenvalue weighted by atomic mass is 35.5. The zero-order valence-corrected chi connectivity index (χ0v) is 12.8. The van der Waals surface area contributed by atoms with E-state index in [-0.39, 0.29) is 6.01 Å². The van der Waals surface area contributed by atoms with Gasteiger partial charge in [-0.2, -0.15) is 15.0 Å². The van der Waals surface area contributed by atoms with E-state index in [0.29, 0.717) is 28.0 Å². The fraction of sp³-hybridized carbons (Fsp3) is 0.364. The maximum atomic E-state index is 5.90. The van der Waals surface area contributed by atoms with E-state index in [1.54, 1.807) is 6.07 Å². The molecular formula is C11H13ClN6OS. The van der Waals surface area contributed by atoms with Gasteiger partial charge in [0.25, 0.3) is 0 Å². The topological polar surface area (TPSA) is 85.7 Å². The van der Waals surface area contributed by atoms with Gasteiger partial charge in [-0.05, 0) is 31.7 Å². The molecule has 0 aliphatic carbocycles. The third-order valence-electron chi connectivity index (χ3n) is 2.10. The number of aromatic nitrogens is 5. The minimum absolute atomic E-state index is 0.234. The van der Waals surface area contributed by atoms with Crippen LogP contribution in [0.1, 0.15) is 12.6 Å². The van der Waals surface area contributed by atoms with E-state index in [4.69, 9.17) is 16.3 Å². The summed E-state index contributed by atoms with van der Waals surface area (Å²) in [7, 11) is 1.50. The average molecular weight is 313 g/mol. The highest BCUT2D eigenvalue weighted by Crippen LogP contribution is 2.24. The van der Waals surface area contributed by atoms with Crippen molar-refractivity contribution >= 4 is 29.3 Å². The summed E-state index contributed by atoms with van der Waals surface area (Å²) in [5, 5.41) is 4.31. The standard InChI is InChI=1S/C11H13ClN6OS/c1-4-13-8-16-9(19-3)18-11(17-8)20-10-14-6(2)5-7(12)15-10/h5H,4H2,1-3H3,(H,13,16,17,18). The molecule has 1 N–H and O–H groups in total. The summed E-state index contributed by atoms with van der Waals surface area (Å²) < 4.78 is 5.04. The van der Waals surface area contributed by atoms with Crippen LogP contribution in [0.3, 0.4) is 0 Å². The molecule has 9 heteroatoms. The molecule has 0 radical (unpaired) electrons. The van der Waals surface area contributed by atoms with Crippen LogP contribution in [-0.4, -0.2) is 38.6 Å². The second-order valence-corrected chi connectivity index (χ2v) is 5.00. The molecule has 0 saturated carbocycles. The molecule has 20 heavy (non-hydrogen) atoms. The Bertz CT molecular complexity index is 591. The van der Waals surface area contributed by atoms with Crippen molar-refractivity contribution in [1.82, 2.24) is 24.9 Å². The number of anilines is 1. The van der Waals surface area contributed by atoms with Crippen LogP contribution in [0, 0.1) is 6.92 Å². The number of nitrogens with zero attached hydrogens (tertiary/aromatic N) is 5. The Labute approximate surface area is 125 Å². The molecular weight excluding hydrogens is 300 g/mol. The van der Waals surface area contributed by atoms with Crippen molar-refractivity contribution < 1.29 is 4.74 Å². The predicted molar refractivity (Wildman–Crippen MR) is 76.4 cm³/mol. The van der Waals surface area contributed by atoms with Crippen molar-refractivity contribution in [3.05, 3.63) is 16.9 Å². The lowest BCUT2D eigenvalue weighted by Gasteiger charge is -2.06. The molecule has 0 aliphatic rings. The highest BCUT2D eigenvalue weighted by molar-refractivity contribution is 7.99. The molecule has 0 amide bonds. The fourth-order valence-electron chi connectivity index (χ4n) is 1.34. The van der Waals surface area contributed by atoms with Gasteiger partial charge >= 0.3 is 6.01 Å². The molecule has 0 bridgehead atoms. The second kappa shape index (κ2) is 6.67. The molecule has 2 rings (SSSR count). The third kappa shape index (κ3) is 3.91. The molecule has 0 fully saturated rings. The first-order valence-corrected chi connectivity index (χ1v) is 7.03. The van der Waals surface area contributed by atoms with Gasteiger partial charge in [0.1, 0.15) is 5.15 Å². The minimum Gasteiger partial charge on any atom is -0.467 e. The van der Waals surface area contributed by atoms with Gasteiger partial charge in [-0.15, -0.1) is 0 Å². The number of hydrogen-bond acceptors (Lipinski definition) is 8. The van der Waals surface area contributed by atoms with E-state index < -0.39 is 0 Å². The number of aryl methyl sites for hydroxylation is 1. The lowest BCUT2D eigenvalue weighted by Crippen LogP contribution is -2.06. The quantitative estimate of drug-likeness (QED) is 0.664. The Kier molecular flexibility index (Phi) is 4.91. The Hall–Kier alpha value is -1.67. The molecule has 2 heterocycles. The smallest absolute Gasteiger partial charge is 0.321 e. The number of hydrogen-bond donors (Lipinski definition) is 1. The molecule has 0 aliphatic heterocycles. The van der Waals surface area contributed by atoms with Crippen molar-refractivity contribution in [2.75, 3.05) is 19.0 Å². The molecule has 0 spiro atoms. The lowest BCUT2D eigenvalue weighted by atomic mass is 10.5. The summed E-state index contributed by atoms with van der Waals surface area (Å²) >= 11 is 7.10.